The highest BCUT2D eigenvalue weighted by atomic mass is 32.2. The molecule has 0 bridgehead atoms. The first-order chi connectivity index (χ1) is 11.6. The molecule has 0 unspecified atom stereocenters. The minimum atomic E-state index is -3.13. The van der Waals surface area contributed by atoms with Crippen molar-refractivity contribution in [2.45, 2.75) is 30.7 Å². The summed E-state index contributed by atoms with van der Waals surface area (Å²) in [6.45, 7) is 3.52. The van der Waals surface area contributed by atoms with Gasteiger partial charge in [0.1, 0.15) is 5.82 Å². The Hall–Kier alpha value is -2.15. The molecule has 1 aliphatic heterocycles. The summed E-state index contributed by atoms with van der Waals surface area (Å²) < 4.78 is 23.7. The predicted molar refractivity (Wildman–Crippen MR) is 95.1 cm³/mol. The van der Waals surface area contributed by atoms with Crippen molar-refractivity contribution in [1.82, 2.24) is 9.97 Å². The van der Waals surface area contributed by atoms with Gasteiger partial charge >= 0.3 is 0 Å². The van der Waals surface area contributed by atoms with Crippen LogP contribution in [0.5, 0.6) is 0 Å². The van der Waals surface area contributed by atoms with Crippen molar-refractivity contribution in [2.75, 3.05) is 29.1 Å². The third kappa shape index (κ3) is 3.84. The molecule has 1 aliphatic rings. The van der Waals surface area contributed by atoms with Crippen molar-refractivity contribution >= 4 is 21.3 Å². The molecule has 0 radical (unpaired) electrons. The molecule has 1 aromatic heterocycles. The second-order valence-electron chi connectivity index (χ2n) is 5.89. The minimum absolute atomic E-state index is 0.131. The average molecular weight is 346 g/mol. The van der Waals surface area contributed by atoms with Gasteiger partial charge in [-0.25, -0.2) is 13.4 Å². The van der Waals surface area contributed by atoms with Crippen molar-refractivity contribution in [3.63, 3.8) is 0 Å². The maximum atomic E-state index is 11.9. The Morgan fingerprint density at radius 3 is 2.46 bits per heavy atom. The molecule has 7 heteroatoms. The van der Waals surface area contributed by atoms with Crippen LogP contribution in [0.25, 0.3) is 0 Å². The van der Waals surface area contributed by atoms with Crippen LogP contribution in [-0.2, 0) is 9.84 Å². The third-order valence-electron chi connectivity index (χ3n) is 4.35. The Morgan fingerprint density at radius 2 is 1.88 bits per heavy atom. The number of anilines is 2. The van der Waals surface area contributed by atoms with Crippen LogP contribution in [0, 0.1) is 0 Å². The molecule has 1 fully saturated rings. The van der Waals surface area contributed by atoms with Gasteiger partial charge in [0.2, 0.25) is 0 Å². The van der Waals surface area contributed by atoms with Crippen LogP contribution in [0.3, 0.4) is 0 Å². The number of sulfone groups is 1. The van der Waals surface area contributed by atoms with E-state index in [-0.39, 0.29) is 5.75 Å². The summed E-state index contributed by atoms with van der Waals surface area (Å²) in [6, 6.07) is 7.60. The first-order valence-corrected chi connectivity index (χ1v) is 9.84. The number of rotatable bonds is 5. The minimum Gasteiger partial charge on any atom is -0.371 e. The van der Waals surface area contributed by atoms with E-state index in [1.807, 2.05) is 12.1 Å². The molecule has 0 aliphatic carbocycles. The van der Waals surface area contributed by atoms with Gasteiger partial charge in [-0.2, -0.15) is 0 Å². The molecular formula is C17H22N4O2S. The molecule has 1 aromatic carbocycles. The lowest BCUT2D eigenvalue weighted by molar-refractivity contribution is 0.525. The molecule has 6 nitrogen and oxygen atoms in total. The molecule has 2 aromatic rings. The fourth-order valence-corrected chi connectivity index (χ4v) is 3.78. The Labute approximate surface area is 142 Å². The number of hydrogen-bond donors (Lipinski definition) is 1. The molecule has 128 valence electrons. The van der Waals surface area contributed by atoms with Crippen molar-refractivity contribution in [3.8, 4) is 0 Å². The summed E-state index contributed by atoms with van der Waals surface area (Å²) in [5, 5.41) is 3.41. The number of hydrogen-bond acceptors (Lipinski definition) is 6. The van der Waals surface area contributed by atoms with Crippen LogP contribution in [-0.4, -0.2) is 43.3 Å². The molecule has 0 spiro atoms. The highest BCUT2D eigenvalue weighted by molar-refractivity contribution is 7.91. The molecule has 0 atom stereocenters. The van der Waals surface area contributed by atoms with Crippen LogP contribution >= 0.6 is 0 Å². The summed E-state index contributed by atoms with van der Waals surface area (Å²) in [5.41, 5.74) is 1.07. The van der Waals surface area contributed by atoms with E-state index in [2.05, 4.69) is 20.2 Å². The van der Waals surface area contributed by atoms with E-state index in [4.69, 9.17) is 0 Å². The average Bonchev–Trinajstić information content (AvgIpc) is 2.63. The van der Waals surface area contributed by atoms with E-state index in [0.29, 0.717) is 10.9 Å². The van der Waals surface area contributed by atoms with Gasteiger partial charge in [0.15, 0.2) is 9.84 Å². The van der Waals surface area contributed by atoms with E-state index < -0.39 is 9.84 Å². The van der Waals surface area contributed by atoms with E-state index in [1.54, 1.807) is 37.6 Å². The van der Waals surface area contributed by atoms with Crippen molar-refractivity contribution in [3.05, 3.63) is 42.9 Å². The van der Waals surface area contributed by atoms with Crippen LogP contribution < -0.4 is 10.2 Å². The topological polar surface area (TPSA) is 75.2 Å². The lowest BCUT2D eigenvalue weighted by atomic mass is 10.0. The maximum Gasteiger partial charge on any atom is 0.178 e. The van der Waals surface area contributed by atoms with Crippen LogP contribution in [0.4, 0.5) is 11.5 Å². The van der Waals surface area contributed by atoms with Crippen LogP contribution in [0.2, 0.25) is 0 Å². The smallest absolute Gasteiger partial charge is 0.178 e. The Bertz CT molecular complexity index is 755. The quantitative estimate of drug-likeness (QED) is 0.896. The fraction of sp³-hybridized carbons (Fsp3) is 0.412. The summed E-state index contributed by atoms with van der Waals surface area (Å²) in [6.07, 6.45) is 7.09. The van der Waals surface area contributed by atoms with Gasteiger partial charge < -0.3 is 10.2 Å². The van der Waals surface area contributed by atoms with Crippen molar-refractivity contribution in [2.24, 2.45) is 0 Å². The number of piperidine rings is 1. The number of aromatic nitrogens is 2. The Kier molecular flexibility index (Phi) is 4.99. The Balaban J connectivity index is 1.59. The molecule has 2 heterocycles. The predicted octanol–water partition coefficient (Wildman–Crippen LogP) is 2.35. The third-order valence-corrected chi connectivity index (χ3v) is 6.10. The zero-order valence-corrected chi connectivity index (χ0v) is 14.5. The fourth-order valence-electron chi connectivity index (χ4n) is 2.90. The van der Waals surface area contributed by atoms with E-state index in [1.165, 1.54) is 0 Å². The number of nitrogens with zero attached hydrogens (tertiary/aromatic N) is 3. The molecule has 1 saturated heterocycles. The van der Waals surface area contributed by atoms with Crippen molar-refractivity contribution < 1.29 is 8.42 Å². The summed E-state index contributed by atoms with van der Waals surface area (Å²) in [4.78, 5) is 11.0. The molecule has 0 saturated carbocycles. The molecule has 3 rings (SSSR count). The number of nitrogens with one attached hydrogen (secondary N) is 1. The second kappa shape index (κ2) is 7.17. The van der Waals surface area contributed by atoms with Crippen molar-refractivity contribution in [1.29, 1.82) is 0 Å². The standard InChI is InChI=1S/C17H22N4O2S/c1-2-24(22,23)16-5-3-15(4-6-16)21-11-7-14(8-12-21)20-17-13-18-9-10-19-17/h3-6,9-10,13-14H,2,7-8,11-12H2,1H3,(H,19,20). The molecule has 1 N–H and O–H groups in total. The zero-order chi connectivity index (χ0) is 17.0. The van der Waals surface area contributed by atoms with Gasteiger partial charge in [-0.05, 0) is 37.1 Å². The summed E-state index contributed by atoms with van der Waals surface area (Å²) in [5.74, 6) is 0.941. The lowest BCUT2D eigenvalue weighted by Gasteiger charge is -2.34. The van der Waals surface area contributed by atoms with E-state index in [0.717, 1.165) is 37.4 Å². The normalized spacial score (nSPS) is 16.1. The second-order valence-corrected chi connectivity index (χ2v) is 8.17. The van der Waals surface area contributed by atoms with Gasteiger partial charge in [-0.3, -0.25) is 4.98 Å². The lowest BCUT2D eigenvalue weighted by Crippen LogP contribution is -2.39. The largest absolute Gasteiger partial charge is 0.371 e. The summed E-state index contributed by atoms with van der Waals surface area (Å²) in [7, 11) is -3.13. The van der Waals surface area contributed by atoms with Crippen LogP contribution in [0.1, 0.15) is 19.8 Å². The van der Waals surface area contributed by atoms with Gasteiger partial charge in [0.05, 0.1) is 16.8 Å². The molecule has 0 amide bonds. The Morgan fingerprint density at radius 1 is 1.17 bits per heavy atom. The van der Waals surface area contributed by atoms with Gasteiger partial charge in [0, 0.05) is 37.2 Å². The first-order valence-electron chi connectivity index (χ1n) is 8.19. The maximum absolute atomic E-state index is 11.9. The monoisotopic (exact) mass is 346 g/mol. The van der Waals surface area contributed by atoms with Gasteiger partial charge in [0.25, 0.3) is 0 Å². The highest BCUT2D eigenvalue weighted by Gasteiger charge is 2.20. The zero-order valence-electron chi connectivity index (χ0n) is 13.7. The SMILES string of the molecule is CCS(=O)(=O)c1ccc(N2CCC(Nc3cnccn3)CC2)cc1. The summed E-state index contributed by atoms with van der Waals surface area (Å²) >= 11 is 0. The number of benzene rings is 1. The van der Waals surface area contributed by atoms with E-state index >= 15 is 0 Å². The van der Waals surface area contributed by atoms with E-state index in [9.17, 15) is 8.42 Å². The van der Waals surface area contributed by atoms with Gasteiger partial charge in [-0.15, -0.1) is 0 Å². The van der Waals surface area contributed by atoms with Gasteiger partial charge in [-0.1, -0.05) is 6.92 Å². The van der Waals surface area contributed by atoms with Crippen LogP contribution in [0.15, 0.2) is 47.8 Å². The molecular weight excluding hydrogens is 324 g/mol. The molecule has 24 heavy (non-hydrogen) atoms. The highest BCUT2D eigenvalue weighted by Crippen LogP contribution is 2.23. The first kappa shape index (κ1) is 16.7.